The van der Waals surface area contributed by atoms with Gasteiger partial charge in [-0.15, -0.1) is 0 Å². The van der Waals surface area contributed by atoms with E-state index in [1.54, 1.807) is 0 Å². The first kappa shape index (κ1) is 13.1. The van der Waals surface area contributed by atoms with Crippen molar-refractivity contribution in [2.45, 2.75) is 6.92 Å². The van der Waals surface area contributed by atoms with Gasteiger partial charge in [0.1, 0.15) is 5.75 Å². The fraction of sp³-hybridized carbons (Fsp3) is 0.188. The van der Waals surface area contributed by atoms with E-state index in [0.29, 0.717) is 6.61 Å². The zero-order chi connectivity index (χ0) is 13.5. The van der Waals surface area contributed by atoms with Crippen molar-refractivity contribution in [2.24, 2.45) is 0 Å². The number of hydrogen-bond donors (Lipinski definition) is 1. The van der Waals surface area contributed by atoms with Gasteiger partial charge in [0.2, 0.25) is 0 Å². The third-order valence-electron chi connectivity index (χ3n) is 2.71. The van der Waals surface area contributed by atoms with E-state index < -0.39 is 0 Å². The number of Topliss-reactive ketones (excluding diaryl/α,β-unsaturated/α-hetero) is 1. The average Bonchev–Trinajstić information content (AvgIpc) is 2.47. The van der Waals surface area contributed by atoms with Crippen LogP contribution >= 0.6 is 0 Å². The van der Waals surface area contributed by atoms with Crippen molar-refractivity contribution < 1.29 is 9.53 Å². The number of hydrogen-bond acceptors (Lipinski definition) is 3. The number of ether oxygens (including phenoxy) is 1. The molecule has 3 nitrogen and oxygen atoms in total. The van der Waals surface area contributed by atoms with Gasteiger partial charge < -0.3 is 10.1 Å². The van der Waals surface area contributed by atoms with Gasteiger partial charge in [-0.2, -0.15) is 0 Å². The molecule has 0 aromatic heterocycles. The Hall–Kier alpha value is -2.29. The largest absolute Gasteiger partial charge is 0.494 e. The number of ketones is 1. The molecule has 0 bridgehead atoms. The first-order valence-electron chi connectivity index (χ1n) is 6.34. The monoisotopic (exact) mass is 255 g/mol. The molecule has 0 radical (unpaired) electrons. The number of nitrogens with one attached hydrogen (secondary N) is 1. The van der Waals surface area contributed by atoms with Crippen molar-refractivity contribution in [2.75, 3.05) is 18.5 Å². The van der Waals surface area contributed by atoms with Gasteiger partial charge in [-0.3, -0.25) is 4.79 Å². The van der Waals surface area contributed by atoms with E-state index in [1.807, 2.05) is 61.5 Å². The topological polar surface area (TPSA) is 38.3 Å². The highest BCUT2D eigenvalue weighted by Crippen LogP contribution is 2.15. The van der Waals surface area contributed by atoms with Crippen LogP contribution < -0.4 is 10.1 Å². The average molecular weight is 255 g/mol. The summed E-state index contributed by atoms with van der Waals surface area (Å²) in [7, 11) is 0. The third-order valence-corrected chi connectivity index (χ3v) is 2.71. The van der Waals surface area contributed by atoms with Gasteiger partial charge in [0, 0.05) is 11.3 Å². The zero-order valence-corrected chi connectivity index (χ0v) is 10.9. The predicted molar refractivity (Wildman–Crippen MR) is 76.9 cm³/mol. The van der Waals surface area contributed by atoms with Crippen LogP contribution in [0.5, 0.6) is 5.75 Å². The molecular weight excluding hydrogens is 238 g/mol. The van der Waals surface area contributed by atoms with Gasteiger partial charge in [0.05, 0.1) is 13.2 Å². The minimum atomic E-state index is 0.0782. The molecule has 1 N–H and O–H groups in total. The van der Waals surface area contributed by atoms with Gasteiger partial charge in [0.25, 0.3) is 0 Å². The molecule has 0 amide bonds. The van der Waals surface area contributed by atoms with Gasteiger partial charge >= 0.3 is 0 Å². The fourth-order valence-electron chi connectivity index (χ4n) is 1.74. The normalized spacial score (nSPS) is 9.95. The van der Waals surface area contributed by atoms with Crippen molar-refractivity contribution in [3.63, 3.8) is 0 Å². The highest BCUT2D eigenvalue weighted by Gasteiger charge is 2.04. The summed E-state index contributed by atoms with van der Waals surface area (Å²) < 4.78 is 5.36. The lowest BCUT2D eigenvalue weighted by Crippen LogP contribution is -2.13. The van der Waals surface area contributed by atoms with E-state index in [0.717, 1.165) is 17.0 Å². The summed E-state index contributed by atoms with van der Waals surface area (Å²) >= 11 is 0. The molecule has 0 spiro atoms. The number of rotatable bonds is 6. The van der Waals surface area contributed by atoms with E-state index >= 15 is 0 Å². The van der Waals surface area contributed by atoms with Crippen molar-refractivity contribution in [1.82, 2.24) is 0 Å². The number of carbonyl (C=O) groups is 1. The molecule has 19 heavy (non-hydrogen) atoms. The van der Waals surface area contributed by atoms with Crippen LogP contribution in [0.2, 0.25) is 0 Å². The Morgan fingerprint density at radius 3 is 2.37 bits per heavy atom. The molecule has 2 rings (SSSR count). The van der Waals surface area contributed by atoms with E-state index in [-0.39, 0.29) is 12.3 Å². The molecule has 0 heterocycles. The van der Waals surface area contributed by atoms with Crippen molar-refractivity contribution >= 4 is 11.5 Å². The summed E-state index contributed by atoms with van der Waals surface area (Å²) in [6, 6.07) is 16.9. The summed E-state index contributed by atoms with van der Waals surface area (Å²) in [5.74, 6) is 0.914. The zero-order valence-electron chi connectivity index (χ0n) is 10.9. The van der Waals surface area contributed by atoms with Crippen LogP contribution in [0, 0.1) is 0 Å². The lowest BCUT2D eigenvalue weighted by Gasteiger charge is -2.07. The molecule has 2 aromatic rings. The van der Waals surface area contributed by atoms with E-state index in [2.05, 4.69) is 5.32 Å². The van der Waals surface area contributed by atoms with Gasteiger partial charge in [-0.05, 0) is 31.2 Å². The first-order chi connectivity index (χ1) is 9.29. The summed E-state index contributed by atoms with van der Waals surface area (Å²) in [6.07, 6.45) is 0. The molecule has 0 aliphatic carbocycles. The van der Waals surface area contributed by atoms with E-state index in [1.165, 1.54) is 0 Å². The standard InChI is InChI=1S/C16H17NO2/c1-2-19-15-10-8-14(9-11-15)17-12-16(18)13-6-4-3-5-7-13/h3-11,17H,2,12H2,1H3. The molecule has 0 aliphatic heterocycles. The Bertz CT molecular complexity index is 520. The third kappa shape index (κ3) is 3.85. The second-order valence-electron chi connectivity index (χ2n) is 4.10. The second-order valence-corrected chi connectivity index (χ2v) is 4.10. The number of carbonyl (C=O) groups excluding carboxylic acids is 1. The quantitative estimate of drug-likeness (QED) is 0.804. The Kier molecular flexibility index (Phi) is 4.56. The summed E-state index contributed by atoms with van der Waals surface area (Å²) in [5, 5.41) is 3.11. The number of anilines is 1. The maximum atomic E-state index is 11.9. The second kappa shape index (κ2) is 6.59. The maximum Gasteiger partial charge on any atom is 0.181 e. The van der Waals surface area contributed by atoms with Gasteiger partial charge in [-0.25, -0.2) is 0 Å². The molecular formula is C16H17NO2. The lowest BCUT2D eigenvalue weighted by molar-refractivity contribution is 0.101. The highest BCUT2D eigenvalue weighted by molar-refractivity contribution is 5.98. The molecule has 98 valence electrons. The van der Waals surface area contributed by atoms with Crippen molar-refractivity contribution in [3.8, 4) is 5.75 Å². The molecule has 0 unspecified atom stereocenters. The lowest BCUT2D eigenvalue weighted by atomic mass is 10.1. The van der Waals surface area contributed by atoms with Crippen LogP contribution in [0.4, 0.5) is 5.69 Å². The molecule has 0 atom stereocenters. The van der Waals surface area contributed by atoms with Crippen LogP contribution in [0.1, 0.15) is 17.3 Å². The predicted octanol–water partition coefficient (Wildman–Crippen LogP) is 3.38. The van der Waals surface area contributed by atoms with Crippen LogP contribution in [0.15, 0.2) is 54.6 Å². The maximum absolute atomic E-state index is 11.9. The van der Waals surface area contributed by atoms with Crippen LogP contribution in [0.25, 0.3) is 0 Å². The van der Waals surface area contributed by atoms with Gasteiger partial charge in [0.15, 0.2) is 5.78 Å². The molecule has 3 heteroatoms. The fourth-order valence-corrected chi connectivity index (χ4v) is 1.74. The molecule has 0 fully saturated rings. The summed E-state index contributed by atoms with van der Waals surface area (Å²) in [5.41, 5.74) is 1.63. The minimum Gasteiger partial charge on any atom is -0.494 e. The summed E-state index contributed by atoms with van der Waals surface area (Å²) in [4.78, 5) is 11.9. The first-order valence-corrected chi connectivity index (χ1v) is 6.34. The Labute approximate surface area is 113 Å². The van der Waals surface area contributed by atoms with Crippen LogP contribution in [-0.2, 0) is 0 Å². The Balaban J connectivity index is 1.90. The van der Waals surface area contributed by atoms with Crippen molar-refractivity contribution in [3.05, 3.63) is 60.2 Å². The smallest absolute Gasteiger partial charge is 0.181 e. The van der Waals surface area contributed by atoms with Crippen LogP contribution in [-0.4, -0.2) is 18.9 Å². The molecule has 0 saturated heterocycles. The number of benzene rings is 2. The van der Waals surface area contributed by atoms with Gasteiger partial charge in [-0.1, -0.05) is 30.3 Å². The highest BCUT2D eigenvalue weighted by atomic mass is 16.5. The van der Waals surface area contributed by atoms with E-state index in [9.17, 15) is 4.79 Å². The van der Waals surface area contributed by atoms with Crippen molar-refractivity contribution in [1.29, 1.82) is 0 Å². The Morgan fingerprint density at radius 1 is 1.05 bits per heavy atom. The summed E-state index contributed by atoms with van der Waals surface area (Å²) in [6.45, 7) is 2.89. The molecule has 2 aromatic carbocycles. The van der Waals surface area contributed by atoms with Crippen LogP contribution in [0.3, 0.4) is 0 Å². The molecule has 0 aliphatic rings. The Morgan fingerprint density at radius 2 is 1.74 bits per heavy atom. The van der Waals surface area contributed by atoms with E-state index in [4.69, 9.17) is 4.74 Å². The minimum absolute atomic E-state index is 0.0782. The SMILES string of the molecule is CCOc1ccc(NCC(=O)c2ccccc2)cc1. The molecule has 0 saturated carbocycles.